The Kier molecular flexibility index (Phi) is 4.21. The number of likely N-dealkylation sites (tertiary alicyclic amines) is 1. The first kappa shape index (κ1) is 13.3. The monoisotopic (exact) mass is 237 g/mol. The van der Waals surface area contributed by atoms with Crippen LogP contribution in [0.2, 0.25) is 0 Å². The standard InChI is InChI=1S/C11H18F3NO/c1-3-8(2)10(16)15-6-4-5-9(7-15)11(12,13)14/h8-9H,3-7H2,1-2H3/t8-,9-/m1/s1. The van der Waals surface area contributed by atoms with Crippen LogP contribution in [0.3, 0.4) is 0 Å². The van der Waals surface area contributed by atoms with Crippen molar-refractivity contribution in [3.8, 4) is 0 Å². The van der Waals surface area contributed by atoms with Crippen LogP contribution >= 0.6 is 0 Å². The zero-order valence-corrected chi connectivity index (χ0v) is 9.68. The number of carbonyl (C=O) groups is 1. The smallest absolute Gasteiger partial charge is 0.342 e. The summed E-state index contributed by atoms with van der Waals surface area (Å²) >= 11 is 0. The SMILES string of the molecule is CC[C@@H](C)C(=O)N1CCC[C@@H](C(F)(F)F)C1. The molecular formula is C11H18F3NO. The van der Waals surface area contributed by atoms with E-state index >= 15 is 0 Å². The minimum absolute atomic E-state index is 0.142. The molecule has 2 nitrogen and oxygen atoms in total. The molecule has 0 N–H and O–H groups in total. The molecule has 0 unspecified atom stereocenters. The number of hydrogen-bond donors (Lipinski definition) is 0. The third-order valence-electron chi connectivity index (χ3n) is 3.23. The van der Waals surface area contributed by atoms with E-state index in [-0.39, 0.29) is 24.8 Å². The molecule has 1 aliphatic rings. The Balaban J connectivity index is 2.60. The van der Waals surface area contributed by atoms with E-state index in [9.17, 15) is 18.0 Å². The molecule has 0 saturated carbocycles. The van der Waals surface area contributed by atoms with Crippen molar-refractivity contribution >= 4 is 5.91 Å². The lowest BCUT2D eigenvalue weighted by atomic mass is 9.96. The van der Waals surface area contributed by atoms with Crippen molar-refractivity contribution in [2.24, 2.45) is 11.8 Å². The summed E-state index contributed by atoms with van der Waals surface area (Å²) in [5.74, 6) is -1.65. The van der Waals surface area contributed by atoms with Gasteiger partial charge >= 0.3 is 6.18 Å². The second-order valence-electron chi connectivity index (χ2n) is 4.47. The van der Waals surface area contributed by atoms with Crippen molar-refractivity contribution in [3.63, 3.8) is 0 Å². The summed E-state index contributed by atoms with van der Waals surface area (Å²) in [5.41, 5.74) is 0. The summed E-state index contributed by atoms with van der Waals surface area (Å²) in [5, 5.41) is 0. The molecule has 0 aromatic heterocycles. The Labute approximate surface area is 93.8 Å². The van der Waals surface area contributed by atoms with E-state index in [0.717, 1.165) is 0 Å². The van der Waals surface area contributed by atoms with Gasteiger partial charge in [0.2, 0.25) is 5.91 Å². The van der Waals surface area contributed by atoms with Crippen molar-refractivity contribution in [3.05, 3.63) is 0 Å². The molecule has 0 aliphatic carbocycles. The normalized spacial score (nSPS) is 24.3. The Bertz CT molecular complexity index is 252. The van der Waals surface area contributed by atoms with Gasteiger partial charge in [-0.3, -0.25) is 4.79 Å². The molecule has 0 bridgehead atoms. The second kappa shape index (κ2) is 5.06. The summed E-state index contributed by atoms with van der Waals surface area (Å²) in [7, 11) is 0. The Morgan fingerprint density at radius 3 is 2.62 bits per heavy atom. The largest absolute Gasteiger partial charge is 0.393 e. The number of piperidine rings is 1. The number of rotatable bonds is 2. The predicted molar refractivity (Wildman–Crippen MR) is 54.8 cm³/mol. The van der Waals surface area contributed by atoms with Gasteiger partial charge in [-0.2, -0.15) is 13.2 Å². The van der Waals surface area contributed by atoms with Crippen molar-refractivity contribution in [2.75, 3.05) is 13.1 Å². The Morgan fingerprint density at radius 2 is 2.12 bits per heavy atom. The van der Waals surface area contributed by atoms with Crippen molar-refractivity contribution in [2.45, 2.75) is 39.3 Å². The summed E-state index contributed by atoms with van der Waals surface area (Å²) in [6, 6.07) is 0. The zero-order valence-electron chi connectivity index (χ0n) is 9.68. The van der Waals surface area contributed by atoms with E-state index in [1.54, 1.807) is 6.92 Å². The average Bonchev–Trinajstić information content (AvgIpc) is 2.26. The second-order valence-corrected chi connectivity index (χ2v) is 4.47. The molecule has 1 aliphatic heterocycles. The molecular weight excluding hydrogens is 219 g/mol. The van der Waals surface area contributed by atoms with Crippen LogP contribution in [0.15, 0.2) is 0 Å². The predicted octanol–water partition coefficient (Wildman–Crippen LogP) is 2.83. The first-order valence-corrected chi connectivity index (χ1v) is 5.71. The minimum atomic E-state index is -4.17. The minimum Gasteiger partial charge on any atom is -0.342 e. The molecule has 1 rings (SSSR count). The van der Waals surface area contributed by atoms with Crippen LogP contribution in [0, 0.1) is 11.8 Å². The van der Waals surface area contributed by atoms with E-state index in [4.69, 9.17) is 0 Å². The highest BCUT2D eigenvalue weighted by Crippen LogP contribution is 2.33. The molecule has 0 aromatic carbocycles. The summed E-state index contributed by atoms with van der Waals surface area (Å²) in [4.78, 5) is 13.1. The van der Waals surface area contributed by atoms with E-state index in [1.165, 1.54) is 4.90 Å². The topological polar surface area (TPSA) is 20.3 Å². The van der Waals surface area contributed by atoms with Crippen LogP contribution < -0.4 is 0 Å². The van der Waals surface area contributed by atoms with E-state index < -0.39 is 12.1 Å². The number of alkyl halides is 3. The van der Waals surface area contributed by atoms with E-state index in [2.05, 4.69) is 0 Å². The zero-order chi connectivity index (χ0) is 12.3. The third-order valence-corrected chi connectivity index (χ3v) is 3.23. The molecule has 5 heteroatoms. The van der Waals surface area contributed by atoms with Gasteiger partial charge in [-0.15, -0.1) is 0 Å². The molecule has 1 heterocycles. The van der Waals surface area contributed by atoms with E-state index in [1.807, 2.05) is 6.92 Å². The lowest BCUT2D eigenvalue weighted by Crippen LogP contribution is -2.46. The van der Waals surface area contributed by atoms with Crippen LogP contribution in [-0.4, -0.2) is 30.1 Å². The summed E-state index contributed by atoms with van der Waals surface area (Å²) in [6.45, 7) is 3.94. The fourth-order valence-electron chi connectivity index (χ4n) is 1.93. The Hall–Kier alpha value is -0.740. The maximum atomic E-state index is 12.5. The summed E-state index contributed by atoms with van der Waals surface area (Å²) in [6.07, 6.45) is -2.90. The molecule has 2 atom stereocenters. The number of amides is 1. The van der Waals surface area contributed by atoms with Crippen LogP contribution in [0.4, 0.5) is 13.2 Å². The maximum Gasteiger partial charge on any atom is 0.393 e. The highest BCUT2D eigenvalue weighted by molar-refractivity contribution is 5.78. The molecule has 0 radical (unpaired) electrons. The lowest BCUT2D eigenvalue weighted by Gasteiger charge is -2.35. The fraction of sp³-hybridized carbons (Fsp3) is 0.909. The number of carbonyl (C=O) groups excluding carboxylic acids is 1. The van der Waals surface area contributed by atoms with Crippen LogP contribution in [0.1, 0.15) is 33.1 Å². The summed E-state index contributed by atoms with van der Waals surface area (Å²) < 4.78 is 37.6. The van der Waals surface area contributed by atoms with Gasteiger partial charge in [0, 0.05) is 19.0 Å². The van der Waals surface area contributed by atoms with Gasteiger partial charge in [-0.25, -0.2) is 0 Å². The molecule has 16 heavy (non-hydrogen) atoms. The van der Waals surface area contributed by atoms with Gasteiger partial charge in [0.1, 0.15) is 0 Å². The average molecular weight is 237 g/mol. The van der Waals surface area contributed by atoms with Gasteiger partial charge in [0.25, 0.3) is 0 Å². The van der Waals surface area contributed by atoms with Crippen LogP contribution in [-0.2, 0) is 4.79 Å². The number of halogens is 3. The maximum absolute atomic E-state index is 12.5. The van der Waals surface area contributed by atoms with Gasteiger partial charge in [0.15, 0.2) is 0 Å². The highest BCUT2D eigenvalue weighted by atomic mass is 19.4. The molecule has 1 fully saturated rings. The third kappa shape index (κ3) is 3.12. The van der Waals surface area contributed by atoms with Gasteiger partial charge in [-0.1, -0.05) is 13.8 Å². The quantitative estimate of drug-likeness (QED) is 0.723. The molecule has 0 aromatic rings. The molecule has 94 valence electrons. The lowest BCUT2D eigenvalue weighted by molar-refractivity contribution is -0.188. The first-order chi connectivity index (χ1) is 7.36. The van der Waals surface area contributed by atoms with Crippen LogP contribution in [0.5, 0.6) is 0 Å². The van der Waals surface area contributed by atoms with Gasteiger partial charge in [0.05, 0.1) is 5.92 Å². The van der Waals surface area contributed by atoms with Gasteiger partial charge in [-0.05, 0) is 19.3 Å². The van der Waals surface area contributed by atoms with Crippen molar-refractivity contribution in [1.82, 2.24) is 4.90 Å². The van der Waals surface area contributed by atoms with Crippen LogP contribution in [0.25, 0.3) is 0 Å². The fourth-order valence-corrected chi connectivity index (χ4v) is 1.93. The molecule has 1 saturated heterocycles. The molecule has 1 amide bonds. The van der Waals surface area contributed by atoms with Crippen molar-refractivity contribution < 1.29 is 18.0 Å². The number of hydrogen-bond acceptors (Lipinski definition) is 1. The number of nitrogens with zero attached hydrogens (tertiary/aromatic N) is 1. The van der Waals surface area contributed by atoms with Gasteiger partial charge < -0.3 is 4.90 Å². The first-order valence-electron chi connectivity index (χ1n) is 5.71. The van der Waals surface area contributed by atoms with E-state index in [0.29, 0.717) is 19.4 Å². The van der Waals surface area contributed by atoms with Crippen molar-refractivity contribution in [1.29, 1.82) is 0 Å². The molecule has 0 spiro atoms. The highest BCUT2D eigenvalue weighted by Gasteiger charge is 2.42. The Morgan fingerprint density at radius 1 is 1.50 bits per heavy atom.